The van der Waals surface area contributed by atoms with Gasteiger partial charge in [0.15, 0.2) is 5.96 Å². The van der Waals surface area contributed by atoms with Gasteiger partial charge < -0.3 is 20.4 Å². The summed E-state index contributed by atoms with van der Waals surface area (Å²) in [7, 11) is 1.82. The highest BCUT2D eigenvalue weighted by Gasteiger charge is 2.09. The first kappa shape index (κ1) is 20.0. The second-order valence-corrected chi connectivity index (χ2v) is 5.99. The molecule has 138 valence electrons. The van der Waals surface area contributed by atoms with Gasteiger partial charge in [-0.25, -0.2) is 0 Å². The van der Waals surface area contributed by atoms with E-state index in [1.165, 1.54) is 16.5 Å². The first-order valence-corrected chi connectivity index (χ1v) is 8.66. The van der Waals surface area contributed by atoms with Gasteiger partial charge in [-0.1, -0.05) is 18.2 Å². The van der Waals surface area contributed by atoms with Gasteiger partial charge in [0, 0.05) is 56.9 Å². The van der Waals surface area contributed by atoms with Crippen molar-refractivity contribution in [2.24, 2.45) is 4.99 Å². The summed E-state index contributed by atoms with van der Waals surface area (Å²) in [6.45, 7) is 6.51. The maximum absolute atomic E-state index is 5.37. The van der Waals surface area contributed by atoms with Crippen molar-refractivity contribution in [1.29, 1.82) is 0 Å². The number of nitrogens with zero attached hydrogens (tertiary/aromatic N) is 2. The zero-order chi connectivity index (χ0) is 16.6. The predicted octanol–water partition coefficient (Wildman–Crippen LogP) is 1.83. The molecule has 6 nitrogen and oxygen atoms in total. The summed E-state index contributed by atoms with van der Waals surface area (Å²) in [6, 6.07) is 8.41. The molecule has 0 aliphatic carbocycles. The van der Waals surface area contributed by atoms with E-state index in [1.807, 2.05) is 7.05 Å². The van der Waals surface area contributed by atoms with E-state index in [1.54, 1.807) is 0 Å². The maximum atomic E-state index is 5.37. The largest absolute Gasteiger partial charge is 0.379 e. The number of benzene rings is 1. The number of rotatable bonds is 6. The van der Waals surface area contributed by atoms with Crippen LogP contribution < -0.4 is 10.6 Å². The fourth-order valence-electron chi connectivity index (χ4n) is 3.03. The van der Waals surface area contributed by atoms with Crippen molar-refractivity contribution < 1.29 is 4.74 Å². The lowest BCUT2D eigenvalue weighted by Gasteiger charge is -2.26. The summed E-state index contributed by atoms with van der Waals surface area (Å²) in [5.41, 5.74) is 2.53. The van der Waals surface area contributed by atoms with Gasteiger partial charge >= 0.3 is 0 Å². The van der Waals surface area contributed by atoms with Crippen LogP contribution in [-0.2, 0) is 11.2 Å². The fraction of sp³-hybridized carbons (Fsp3) is 0.500. The van der Waals surface area contributed by atoms with Crippen molar-refractivity contribution in [3.05, 3.63) is 36.0 Å². The van der Waals surface area contributed by atoms with E-state index >= 15 is 0 Å². The summed E-state index contributed by atoms with van der Waals surface area (Å²) in [6.07, 6.45) is 3.06. The van der Waals surface area contributed by atoms with Gasteiger partial charge in [-0.3, -0.25) is 9.89 Å². The Morgan fingerprint density at radius 1 is 1.20 bits per heavy atom. The van der Waals surface area contributed by atoms with Crippen LogP contribution in [0.1, 0.15) is 5.56 Å². The highest BCUT2D eigenvalue weighted by molar-refractivity contribution is 14.0. The average molecular weight is 457 g/mol. The van der Waals surface area contributed by atoms with Crippen LogP contribution in [0.5, 0.6) is 0 Å². The number of fused-ring (bicyclic) bond motifs is 1. The molecule has 2 aromatic rings. The van der Waals surface area contributed by atoms with E-state index in [0.717, 1.165) is 58.3 Å². The smallest absolute Gasteiger partial charge is 0.191 e. The molecule has 25 heavy (non-hydrogen) atoms. The lowest BCUT2D eigenvalue weighted by molar-refractivity contribution is 0.0389. The molecule has 1 fully saturated rings. The Labute approximate surface area is 166 Å². The number of hydrogen-bond donors (Lipinski definition) is 3. The molecule has 0 saturated carbocycles. The Kier molecular flexibility index (Phi) is 8.50. The zero-order valence-corrected chi connectivity index (χ0v) is 17.1. The molecule has 7 heteroatoms. The van der Waals surface area contributed by atoms with E-state index < -0.39 is 0 Å². The molecule has 0 radical (unpaired) electrons. The van der Waals surface area contributed by atoms with Crippen LogP contribution in [0.25, 0.3) is 10.9 Å². The fourth-order valence-corrected chi connectivity index (χ4v) is 3.03. The number of para-hydroxylation sites is 1. The number of aromatic amines is 1. The summed E-state index contributed by atoms with van der Waals surface area (Å²) in [5, 5.41) is 8.08. The Morgan fingerprint density at radius 3 is 2.76 bits per heavy atom. The van der Waals surface area contributed by atoms with E-state index in [-0.39, 0.29) is 24.0 Å². The molecule has 2 heterocycles. The number of H-pyrrole nitrogens is 1. The topological polar surface area (TPSA) is 64.7 Å². The molecular formula is C18H28IN5O. The van der Waals surface area contributed by atoms with Gasteiger partial charge in [0.25, 0.3) is 0 Å². The summed E-state index contributed by atoms with van der Waals surface area (Å²) in [4.78, 5) is 10.0. The molecule has 1 aromatic carbocycles. The molecule has 1 aliphatic rings. The minimum atomic E-state index is 0. The van der Waals surface area contributed by atoms with Crippen LogP contribution in [0, 0.1) is 0 Å². The molecule has 0 unspecified atom stereocenters. The van der Waals surface area contributed by atoms with E-state index in [0.29, 0.717) is 0 Å². The second-order valence-electron chi connectivity index (χ2n) is 5.99. The lowest BCUT2D eigenvalue weighted by atomic mass is 10.1. The van der Waals surface area contributed by atoms with Crippen molar-refractivity contribution in [1.82, 2.24) is 20.5 Å². The molecule has 0 atom stereocenters. The van der Waals surface area contributed by atoms with Crippen LogP contribution in [0.3, 0.4) is 0 Å². The highest BCUT2D eigenvalue weighted by atomic mass is 127. The Balaban J connectivity index is 0.00000225. The number of hydrogen-bond acceptors (Lipinski definition) is 3. The lowest BCUT2D eigenvalue weighted by Crippen LogP contribution is -2.44. The minimum Gasteiger partial charge on any atom is -0.379 e. The molecule has 1 aromatic heterocycles. The van der Waals surface area contributed by atoms with Gasteiger partial charge in [-0.05, 0) is 18.1 Å². The van der Waals surface area contributed by atoms with Crippen molar-refractivity contribution in [2.75, 3.05) is 53.0 Å². The monoisotopic (exact) mass is 457 g/mol. The van der Waals surface area contributed by atoms with E-state index in [4.69, 9.17) is 4.74 Å². The Hall–Kier alpha value is -1.32. The van der Waals surface area contributed by atoms with Crippen LogP contribution in [0.2, 0.25) is 0 Å². The third kappa shape index (κ3) is 5.86. The summed E-state index contributed by atoms with van der Waals surface area (Å²) < 4.78 is 5.37. The molecule has 3 N–H and O–H groups in total. The highest BCUT2D eigenvalue weighted by Crippen LogP contribution is 2.17. The first-order chi connectivity index (χ1) is 11.9. The van der Waals surface area contributed by atoms with E-state index in [2.05, 4.69) is 56.0 Å². The van der Waals surface area contributed by atoms with Crippen molar-refractivity contribution in [3.63, 3.8) is 0 Å². The molecule has 0 spiro atoms. The average Bonchev–Trinajstić information content (AvgIpc) is 3.04. The van der Waals surface area contributed by atoms with Gasteiger partial charge in [0.05, 0.1) is 13.2 Å². The Bertz CT molecular complexity index is 666. The van der Waals surface area contributed by atoms with Crippen LogP contribution in [0.4, 0.5) is 0 Å². The number of nitrogens with one attached hydrogen (secondary N) is 3. The zero-order valence-electron chi connectivity index (χ0n) is 14.8. The van der Waals surface area contributed by atoms with Crippen LogP contribution >= 0.6 is 24.0 Å². The molecule has 1 saturated heterocycles. The van der Waals surface area contributed by atoms with Crippen molar-refractivity contribution in [3.8, 4) is 0 Å². The molecule has 3 rings (SSSR count). The SMILES string of the molecule is CN=C(NCCc1c[nH]c2ccccc12)NCCN1CCOCC1.I. The number of aromatic nitrogens is 1. The minimum absolute atomic E-state index is 0. The quantitative estimate of drug-likeness (QED) is 0.352. The van der Waals surface area contributed by atoms with Gasteiger partial charge in [-0.2, -0.15) is 0 Å². The van der Waals surface area contributed by atoms with Gasteiger partial charge in [0.2, 0.25) is 0 Å². The first-order valence-electron chi connectivity index (χ1n) is 8.66. The van der Waals surface area contributed by atoms with Crippen molar-refractivity contribution in [2.45, 2.75) is 6.42 Å². The Morgan fingerprint density at radius 2 is 1.96 bits per heavy atom. The summed E-state index contributed by atoms with van der Waals surface area (Å²) in [5.74, 6) is 0.864. The molecule has 1 aliphatic heterocycles. The van der Waals surface area contributed by atoms with Crippen LogP contribution in [0.15, 0.2) is 35.5 Å². The number of halogens is 1. The standard InChI is InChI=1S/C18H27N5O.HI/c1-19-18(21-8-9-23-10-12-24-13-11-23)20-7-6-15-14-22-17-5-3-2-4-16(15)17;/h2-5,14,22H,6-13H2,1H3,(H2,19,20,21);1H. The number of ether oxygens (including phenoxy) is 1. The van der Waals surface area contributed by atoms with Gasteiger partial charge in [-0.15, -0.1) is 24.0 Å². The normalized spacial score (nSPS) is 15.8. The number of guanidine groups is 1. The third-order valence-corrected chi connectivity index (χ3v) is 4.41. The molecule has 0 amide bonds. The number of aliphatic imine (C=N–C) groups is 1. The van der Waals surface area contributed by atoms with Gasteiger partial charge in [0.1, 0.15) is 0 Å². The van der Waals surface area contributed by atoms with Crippen molar-refractivity contribution >= 4 is 40.8 Å². The summed E-state index contributed by atoms with van der Waals surface area (Å²) >= 11 is 0. The van der Waals surface area contributed by atoms with Crippen LogP contribution in [-0.4, -0.2) is 68.8 Å². The maximum Gasteiger partial charge on any atom is 0.191 e. The molecule has 0 bridgehead atoms. The second kappa shape index (κ2) is 10.6. The molecular weight excluding hydrogens is 429 g/mol. The number of morpholine rings is 1. The predicted molar refractivity (Wildman–Crippen MR) is 114 cm³/mol. The van der Waals surface area contributed by atoms with E-state index in [9.17, 15) is 0 Å². The third-order valence-electron chi connectivity index (χ3n) is 4.41.